The Hall–Kier alpha value is -1.87. The van der Waals surface area contributed by atoms with E-state index < -0.39 is 0 Å². The van der Waals surface area contributed by atoms with Crippen LogP contribution in [0, 0.1) is 6.92 Å². The van der Waals surface area contributed by atoms with Gasteiger partial charge < -0.3 is 5.32 Å². The van der Waals surface area contributed by atoms with E-state index in [9.17, 15) is 4.79 Å². The third-order valence-electron chi connectivity index (χ3n) is 2.89. The molecular formula is C14H11NOS. The largest absolute Gasteiger partial charge is 0.321 e. The van der Waals surface area contributed by atoms with Crippen molar-refractivity contribution in [2.45, 2.75) is 6.92 Å². The number of fused-ring (bicyclic) bond motifs is 1. The fraction of sp³-hybridized carbons (Fsp3) is 0.0714. The predicted octanol–water partition coefficient (Wildman–Crippen LogP) is 3.55. The summed E-state index contributed by atoms with van der Waals surface area (Å²) in [6.07, 6.45) is 1.97. The number of aryl methyl sites for hydroxylation is 1. The van der Waals surface area contributed by atoms with Gasteiger partial charge in [0.2, 0.25) is 0 Å². The molecule has 0 aliphatic carbocycles. The van der Waals surface area contributed by atoms with Crippen molar-refractivity contribution in [2.24, 2.45) is 0 Å². The lowest BCUT2D eigenvalue weighted by molar-refractivity contribution is -0.110. The number of benzene rings is 1. The van der Waals surface area contributed by atoms with Crippen LogP contribution in [0.3, 0.4) is 0 Å². The Labute approximate surface area is 104 Å². The average molecular weight is 241 g/mol. The van der Waals surface area contributed by atoms with E-state index in [0.717, 1.165) is 21.7 Å². The van der Waals surface area contributed by atoms with E-state index in [1.807, 2.05) is 35.7 Å². The number of hydrogen-bond acceptors (Lipinski definition) is 2. The third kappa shape index (κ3) is 1.68. The smallest absolute Gasteiger partial charge is 0.256 e. The molecule has 1 aromatic carbocycles. The molecule has 3 rings (SSSR count). The number of carbonyl (C=O) groups excluding carboxylic acids is 1. The Morgan fingerprint density at radius 2 is 2.06 bits per heavy atom. The maximum absolute atomic E-state index is 11.9. The van der Waals surface area contributed by atoms with Crippen LogP contribution in [0.4, 0.5) is 5.69 Å². The van der Waals surface area contributed by atoms with Crippen LogP contribution in [0.1, 0.15) is 16.0 Å². The van der Waals surface area contributed by atoms with Crippen molar-refractivity contribution in [2.75, 3.05) is 5.32 Å². The lowest BCUT2D eigenvalue weighted by Crippen LogP contribution is -2.03. The highest BCUT2D eigenvalue weighted by molar-refractivity contribution is 7.11. The normalized spacial score (nSPS) is 16.1. The molecule has 0 spiro atoms. The van der Waals surface area contributed by atoms with Crippen molar-refractivity contribution in [3.8, 4) is 0 Å². The molecule has 0 saturated heterocycles. The lowest BCUT2D eigenvalue weighted by atomic mass is 10.1. The van der Waals surface area contributed by atoms with Crippen LogP contribution >= 0.6 is 11.3 Å². The molecule has 17 heavy (non-hydrogen) atoms. The Morgan fingerprint density at radius 3 is 2.82 bits per heavy atom. The molecule has 0 unspecified atom stereocenters. The van der Waals surface area contributed by atoms with Gasteiger partial charge in [-0.25, -0.2) is 0 Å². The standard InChI is InChI=1S/C14H11NOS/c1-9-6-7-17-13(9)8-11-10-4-2-3-5-12(10)15-14(11)16/h2-8H,1H3,(H,15,16)/b11-8-. The summed E-state index contributed by atoms with van der Waals surface area (Å²) in [6, 6.07) is 9.85. The molecule has 2 nitrogen and oxygen atoms in total. The molecule has 1 aliphatic rings. The summed E-state index contributed by atoms with van der Waals surface area (Å²) in [5.74, 6) is -0.0148. The average Bonchev–Trinajstić information content (AvgIpc) is 2.85. The maximum Gasteiger partial charge on any atom is 0.256 e. The van der Waals surface area contributed by atoms with Gasteiger partial charge in [0, 0.05) is 16.1 Å². The van der Waals surface area contributed by atoms with Gasteiger partial charge in [-0.3, -0.25) is 4.79 Å². The van der Waals surface area contributed by atoms with E-state index >= 15 is 0 Å². The minimum atomic E-state index is -0.0148. The van der Waals surface area contributed by atoms with Crippen molar-refractivity contribution in [3.63, 3.8) is 0 Å². The second kappa shape index (κ2) is 3.86. The van der Waals surface area contributed by atoms with Gasteiger partial charge in [-0.15, -0.1) is 11.3 Å². The van der Waals surface area contributed by atoms with Crippen LogP contribution in [0.5, 0.6) is 0 Å². The summed E-state index contributed by atoms with van der Waals surface area (Å²) in [4.78, 5) is 13.0. The highest BCUT2D eigenvalue weighted by Crippen LogP contribution is 2.33. The summed E-state index contributed by atoms with van der Waals surface area (Å²) >= 11 is 1.66. The zero-order chi connectivity index (χ0) is 11.8. The third-order valence-corrected chi connectivity index (χ3v) is 3.85. The molecule has 0 bridgehead atoms. The van der Waals surface area contributed by atoms with E-state index in [2.05, 4.69) is 18.3 Å². The summed E-state index contributed by atoms with van der Waals surface area (Å²) in [6.45, 7) is 2.06. The molecule has 1 aromatic heterocycles. The van der Waals surface area contributed by atoms with Crippen LogP contribution in [0.25, 0.3) is 11.6 Å². The molecule has 0 saturated carbocycles. The second-order valence-electron chi connectivity index (χ2n) is 4.03. The molecular weight excluding hydrogens is 230 g/mol. The quantitative estimate of drug-likeness (QED) is 0.760. The first-order chi connectivity index (χ1) is 8.25. The number of rotatable bonds is 1. The lowest BCUT2D eigenvalue weighted by Gasteiger charge is -1.97. The molecule has 1 amide bonds. The second-order valence-corrected chi connectivity index (χ2v) is 4.97. The molecule has 84 valence electrons. The SMILES string of the molecule is Cc1ccsc1/C=C1\C(=O)Nc2ccccc21. The Balaban J connectivity index is 2.13. The molecule has 0 fully saturated rings. The van der Waals surface area contributed by atoms with E-state index in [0.29, 0.717) is 0 Å². The van der Waals surface area contributed by atoms with Crippen molar-refractivity contribution in [1.29, 1.82) is 0 Å². The number of nitrogens with one attached hydrogen (secondary N) is 1. The number of hydrogen-bond donors (Lipinski definition) is 1. The van der Waals surface area contributed by atoms with E-state index in [4.69, 9.17) is 0 Å². The zero-order valence-corrected chi connectivity index (χ0v) is 10.2. The van der Waals surface area contributed by atoms with E-state index in [-0.39, 0.29) is 5.91 Å². The predicted molar refractivity (Wildman–Crippen MR) is 72.0 cm³/mol. The molecule has 3 heteroatoms. The molecule has 2 aromatic rings. The topological polar surface area (TPSA) is 29.1 Å². The molecule has 0 radical (unpaired) electrons. The van der Waals surface area contributed by atoms with Gasteiger partial charge in [-0.2, -0.15) is 0 Å². The van der Waals surface area contributed by atoms with Gasteiger partial charge in [0.25, 0.3) is 5.91 Å². The number of thiophene rings is 1. The number of para-hydroxylation sites is 1. The van der Waals surface area contributed by atoms with Gasteiger partial charge in [0.1, 0.15) is 0 Å². The summed E-state index contributed by atoms with van der Waals surface area (Å²) in [5.41, 5.74) is 3.86. The van der Waals surface area contributed by atoms with Crippen molar-refractivity contribution in [1.82, 2.24) is 0 Å². The van der Waals surface area contributed by atoms with E-state index in [1.54, 1.807) is 11.3 Å². The van der Waals surface area contributed by atoms with Gasteiger partial charge in [-0.05, 0) is 36.1 Å². The summed E-state index contributed by atoms with van der Waals surface area (Å²) in [7, 11) is 0. The highest BCUT2D eigenvalue weighted by atomic mass is 32.1. The van der Waals surface area contributed by atoms with Crippen molar-refractivity contribution in [3.05, 3.63) is 51.7 Å². The Kier molecular flexibility index (Phi) is 2.34. The number of amides is 1. The monoisotopic (exact) mass is 241 g/mol. The maximum atomic E-state index is 11.9. The number of carbonyl (C=O) groups is 1. The fourth-order valence-corrected chi connectivity index (χ4v) is 2.80. The summed E-state index contributed by atoms with van der Waals surface area (Å²) < 4.78 is 0. The van der Waals surface area contributed by atoms with Crippen molar-refractivity contribution >= 4 is 34.6 Å². The first-order valence-electron chi connectivity index (χ1n) is 5.42. The first kappa shape index (κ1) is 10.3. The van der Waals surface area contributed by atoms with Crippen LogP contribution in [-0.2, 0) is 4.79 Å². The van der Waals surface area contributed by atoms with E-state index in [1.165, 1.54) is 5.56 Å². The fourth-order valence-electron chi connectivity index (χ4n) is 1.95. The number of anilines is 1. The van der Waals surface area contributed by atoms with Gasteiger partial charge in [-0.1, -0.05) is 18.2 Å². The van der Waals surface area contributed by atoms with Crippen LogP contribution in [-0.4, -0.2) is 5.91 Å². The van der Waals surface area contributed by atoms with Crippen LogP contribution in [0.2, 0.25) is 0 Å². The van der Waals surface area contributed by atoms with Crippen LogP contribution < -0.4 is 5.32 Å². The minimum absolute atomic E-state index is 0.0148. The van der Waals surface area contributed by atoms with Gasteiger partial charge >= 0.3 is 0 Å². The van der Waals surface area contributed by atoms with Gasteiger partial charge in [0.05, 0.1) is 5.57 Å². The van der Waals surface area contributed by atoms with Crippen LogP contribution in [0.15, 0.2) is 35.7 Å². The Morgan fingerprint density at radius 1 is 1.24 bits per heavy atom. The molecule has 1 aliphatic heterocycles. The molecule has 2 heterocycles. The Bertz CT molecular complexity index is 625. The summed E-state index contributed by atoms with van der Waals surface area (Å²) in [5, 5.41) is 4.92. The molecule has 0 atom stereocenters. The molecule has 1 N–H and O–H groups in total. The zero-order valence-electron chi connectivity index (χ0n) is 9.36. The minimum Gasteiger partial charge on any atom is -0.321 e. The highest BCUT2D eigenvalue weighted by Gasteiger charge is 2.23. The van der Waals surface area contributed by atoms with Gasteiger partial charge in [0.15, 0.2) is 0 Å². The first-order valence-corrected chi connectivity index (χ1v) is 6.30. The van der Waals surface area contributed by atoms with Crippen molar-refractivity contribution < 1.29 is 4.79 Å².